The maximum Gasteiger partial charge on any atom is 0.436 e. The lowest BCUT2D eigenvalue weighted by molar-refractivity contribution is -0.141. The van der Waals surface area contributed by atoms with Crippen molar-refractivity contribution in [3.63, 3.8) is 0 Å². The van der Waals surface area contributed by atoms with E-state index in [2.05, 4.69) is 10.4 Å². The van der Waals surface area contributed by atoms with Crippen molar-refractivity contribution < 1.29 is 18.0 Å². The molecule has 3 rings (SSSR count). The monoisotopic (exact) mass is 405 g/mol. The summed E-state index contributed by atoms with van der Waals surface area (Å²) < 4.78 is 40.4. The Balaban J connectivity index is 1.62. The van der Waals surface area contributed by atoms with E-state index < -0.39 is 11.9 Å². The van der Waals surface area contributed by atoms with Crippen LogP contribution in [0.2, 0.25) is 10.0 Å². The molecular formula is C17H16Cl2F3N3O. The van der Waals surface area contributed by atoms with Gasteiger partial charge in [0, 0.05) is 19.0 Å². The quantitative estimate of drug-likeness (QED) is 0.694. The van der Waals surface area contributed by atoms with Crippen LogP contribution in [0.3, 0.4) is 0 Å². The molecule has 1 aliphatic carbocycles. The van der Waals surface area contributed by atoms with Gasteiger partial charge in [-0.25, -0.2) is 0 Å². The van der Waals surface area contributed by atoms with Gasteiger partial charge in [-0.15, -0.1) is 0 Å². The van der Waals surface area contributed by atoms with E-state index in [1.807, 2.05) is 0 Å². The molecule has 0 spiro atoms. The number of halogens is 5. The summed E-state index contributed by atoms with van der Waals surface area (Å²) in [6, 6.07) is 6.64. The molecule has 0 atom stereocenters. The molecule has 0 aliphatic heterocycles. The van der Waals surface area contributed by atoms with Crippen LogP contribution in [0.5, 0.6) is 0 Å². The van der Waals surface area contributed by atoms with Gasteiger partial charge in [0.05, 0.1) is 21.3 Å². The number of rotatable bonds is 6. The first-order valence-electron chi connectivity index (χ1n) is 8.15. The lowest BCUT2D eigenvalue weighted by Gasteiger charge is -2.09. The van der Waals surface area contributed by atoms with Crippen LogP contribution in [0, 0.1) is 0 Å². The number of alkyl halides is 3. The van der Waals surface area contributed by atoms with Gasteiger partial charge in [0.1, 0.15) is 0 Å². The van der Waals surface area contributed by atoms with Crippen molar-refractivity contribution in [3.05, 3.63) is 51.3 Å². The molecule has 1 heterocycles. The molecule has 4 nitrogen and oxygen atoms in total. The zero-order valence-electron chi connectivity index (χ0n) is 13.6. The number of hydrogen-bond donors (Lipinski definition) is 1. The lowest BCUT2D eigenvalue weighted by Crippen LogP contribution is -2.25. The third kappa shape index (κ3) is 4.15. The Morgan fingerprint density at radius 3 is 2.58 bits per heavy atom. The molecule has 26 heavy (non-hydrogen) atoms. The number of hydrogen-bond acceptors (Lipinski definition) is 2. The van der Waals surface area contributed by atoms with Gasteiger partial charge in [-0.05, 0) is 31.4 Å². The predicted molar refractivity (Wildman–Crippen MR) is 92.6 cm³/mol. The average molecular weight is 406 g/mol. The smallest absolute Gasteiger partial charge is 0.352 e. The summed E-state index contributed by atoms with van der Waals surface area (Å²) in [4.78, 5) is 12.1. The first kappa shape index (κ1) is 19.0. The standard InChI is InChI=1S/C17H16Cl2F3N3O/c18-12-5-2-1-4-11(12)16(26)23-8-3-9-25-14(10-6-7-10)13(19)15(24-25)17(20,21)22/h1-2,4-5,10H,3,6-9H2,(H,23,26). The summed E-state index contributed by atoms with van der Waals surface area (Å²) in [7, 11) is 0. The van der Waals surface area contributed by atoms with Crippen LogP contribution >= 0.6 is 23.2 Å². The molecule has 1 N–H and O–H groups in total. The second-order valence-corrected chi connectivity index (χ2v) is 6.92. The Bertz CT molecular complexity index is 816. The third-order valence-corrected chi connectivity index (χ3v) is 4.82. The fraction of sp³-hybridized carbons (Fsp3) is 0.412. The van der Waals surface area contributed by atoms with Crippen molar-refractivity contribution in [2.24, 2.45) is 0 Å². The fourth-order valence-electron chi connectivity index (χ4n) is 2.72. The second kappa shape index (κ2) is 7.48. The molecule has 0 radical (unpaired) electrons. The van der Waals surface area contributed by atoms with Crippen molar-refractivity contribution in [3.8, 4) is 0 Å². The van der Waals surface area contributed by atoms with E-state index in [0.717, 1.165) is 12.8 Å². The molecular weight excluding hydrogens is 390 g/mol. The molecule has 1 aliphatic rings. The molecule has 1 aromatic heterocycles. The summed E-state index contributed by atoms with van der Waals surface area (Å²) in [5, 5.41) is 6.40. The van der Waals surface area contributed by atoms with Crippen LogP contribution in [0.25, 0.3) is 0 Å². The minimum atomic E-state index is -4.58. The third-order valence-electron chi connectivity index (χ3n) is 4.11. The van der Waals surface area contributed by atoms with Gasteiger partial charge in [0.25, 0.3) is 5.91 Å². The first-order valence-corrected chi connectivity index (χ1v) is 8.90. The van der Waals surface area contributed by atoms with E-state index in [1.165, 1.54) is 4.68 Å². The molecule has 140 valence electrons. The van der Waals surface area contributed by atoms with Crippen molar-refractivity contribution in [2.75, 3.05) is 6.54 Å². The number of nitrogens with zero attached hydrogens (tertiary/aromatic N) is 2. The van der Waals surface area contributed by atoms with Crippen LogP contribution in [0.1, 0.15) is 46.9 Å². The lowest BCUT2D eigenvalue weighted by atomic mass is 10.2. The predicted octanol–water partition coefficient (Wildman–Crippen LogP) is 4.91. The first-order chi connectivity index (χ1) is 12.3. The Labute approximate surface area is 158 Å². The van der Waals surface area contributed by atoms with Crippen LogP contribution in [-0.4, -0.2) is 22.2 Å². The Morgan fingerprint density at radius 1 is 1.27 bits per heavy atom. The van der Waals surface area contributed by atoms with Crippen LogP contribution in [0.15, 0.2) is 24.3 Å². The van der Waals surface area contributed by atoms with Gasteiger partial charge in [-0.2, -0.15) is 18.3 Å². The van der Waals surface area contributed by atoms with E-state index in [9.17, 15) is 18.0 Å². The second-order valence-electron chi connectivity index (χ2n) is 6.13. The molecule has 9 heteroatoms. The van der Waals surface area contributed by atoms with Gasteiger partial charge >= 0.3 is 6.18 Å². The molecule has 1 aromatic carbocycles. The number of carbonyl (C=O) groups excluding carboxylic acids is 1. The molecule has 0 unspecified atom stereocenters. The van der Waals surface area contributed by atoms with E-state index in [0.29, 0.717) is 22.7 Å². The number of carbonyl (C=O) groups is 1. The highest BCUT2D eigenvalue weighted by molar-refractivity contribution is 6.33. The summed E-state index contributed by atoms with van der Waals surface area (Å²) in [6.45, 7) is 0.525. The molecule has 1 amide bonds. The minimum Gasteiger partial charge on any atom is -0.352 e. The molecule has 1 saturated carbocycles. The highest BCUT2D eigenvalue weighted by Gasteiger charge is 2.41. The van der Waals surface area contributed by atoms with E-state index >= 15 is 0 Å². The number of benzene rings is 1. The van der Waals surface area contributed by atoms with Gasteiger partial charge in [-0.1, -0.05) is 35.3 Å². The molecule has 2 aromatic rings. The van der Waals surface area contributed by atoms with E-state index in [-0.39, 0.29) is 29.9 Å². The highest BCUT2D eigenvalue weighted by Crippen LogP contribution is 2.46. The highest BCUT2D eigenvalue weighted by atomic mass is 35.5. The normalized spacial score (nSPS) is 14.5. The number of nitrogens with one attached hydrogen (secondary N) is 1. The molecule has 0 bridgehead atoms. The largest absolute Gasteiger partial charge is 0.436 e. The summed E-state index contributed by atoms with van der Waals surface area (Å²) in [5.41, 5.74) is -0.244. The number of aryl methyl sites for hydroxylation is 1. The maximum absolute atomic E-state index is 13.0. The zero-order chi connectivity index (χ0) is 18.9. The number of aromatic nitrogens is 2. The van der Waals surface area contributed by atoms with E-state index in [1.54, 1.807) is 24.3 Å². The molecule has 1 fully saturated rings. The summed E-state index contributed by atoms with van der Waals surface area (Å²) in [5.74, 6) is -0.295. The maximum atomic E-state index is 13.0. The Hall–Kier alpha value is -1.73. The van der Waals surface area contributed by atoms with Crippen molar-refractivity contribution in [1.29, 1.82) is 0 Å². The Morgan fingerprint density at radius 2 is 1.96 bits per heavy atom. The van der Waals surface area contributed by atoms with E-state index in [4.69, 9.17) is 23.2 Å². The van der Waals surface area contributed by atoms with Crippen LogP contribution < -0.4 is 5.32 Å². The zero-order valence-corrected chi connectivity index (χ0v) is 15.1. The van der Waals surface area contributed by atoms with Gasteiger partial charge in [0.15, 0.2) is 5.69 Å². The van der Waals surface area contributed by atoms with Gasteiger partial charge in [-0.3, -0.25) is 9.48 Å². The molecule has 0 saturated heterocycles. The minimum absolute atomic E-state index is 0.0313. The van der Waals surface area contributed by atoms with Gasteiger partial charge < -0.3 is 5.32 Å². The van der Waals surface area contributed by atoms with Crippen molar-refractivity contribution in [2.45, 2.75) is 37.9 Å². The number of amides is 1. The topological polar surface area (TPSA) is 46.9 Å². The average Bonchev–Trinajstić information content (AvgIpc) is 3.34. The summed E-state index contributed by atoms with van der Waals surface area (Å²) in [6.07, 6.45) is -2.53. The van der Waals surface area contributed by atoms with Crippen LogP contribution in [-0.2, 0) is 12.7 Å². The Kier molecular flexibility index (Phi) is 5.48. The van der Waals surface area contributed by atoms with Crippen molar-refractivity contribution in [1.82, 2.24) is 15.1 Å². The van der Waals surface area contributed by atoms with Gasteiger partial charge in [0.2, 0.25) is 0 Å². The van der Waals surface area contributed by atoms with Crippen molar-refractivity contribution >= 4 is 29.1 Å². The SMILES string of the molecule is O=C(NCCCn1nc(C(F)(F)F)c(Cl)c1C1CC1)c1ccccc1Cl. The fourth-order valence-corrected chi connectivity index (χ4v) is 3.34. The van der Waals surface area contributed by atoms with Crippen LogP contribution in [0.4, 0.5) is 13.2 Å². The summed E-state index contributed by atoms with van der Waals surface area (Å²) >= 11 is 11.9.